The van der Waals surface area contributed by atoms with Gasteiger partial charge in [-0.05, 0) is 24.8 Å². The molecule has 2 unspecified atom stereocenters. The van der Waals surface area contributed by atoms with Gasteiger partial charge in [0.2, 0.25) is 0 Å². The van der Waals surface area contributed by atoms with Crippen molar-refractivity contribution < 1.29 is 0 Å². The molecule has 102 valence electrons. The maximum atomic E-state index is 4.57. The van der Waals surface area contributed by atoms with Gasteiger partial charge in [-0.25, -0.2) is 9.97 Å². The van der Waals surface area contributed by atoms with Crippen LogP contribution in [0.5, 0.6) is 0 Å². The molecule has 3 rings (SSSR count). The zero-order valence-corrected chi connectivity index (χ0v) is 13.7. The van der Waals surface area contributed by atoms with Crippen molar-refractivity contribution in [3.8, 4) is 0 Å². The van der Waals surface area contributed by atoms with Gasteiger partial charge >= 0.3 is 0 Å². The number of halogens is 1. The van der Waals surface area contributed by atoms with Crippen LogP contribution in [0, 0.1) is 5.92 Å². The Bertz CT molecular complexity index is 583. The summed E-state index contributed by atoms with van der Waals surface area (Å²) in [7, 11) is 0. The monoisotopic (exact) mass is 339 g/mol. The van der Waals surface area contributed by atoms with Gasteiger partial charge in [0, 0.05) is 22.8 Å². The molecular weight excluding hydrogens is 322 g/mol. The summed E-state index contributed by atoms with van der Waals surface area (Å²) in [4.78, 5) is 14.0. The third-order valence-electron chi connectivity index (χ3n) is 4.02. The number of hydrogen-bond acceptors (Lipinski definition) is 4. The molecule has 1 saturated heterocycles. The van der Waals surface area contributed by atoms with Crippen LogP contribution in [-0.2, 0) is 6.42 Å². The van der Waals surface area contributed by atoms with E-state index in [1.165, 1.54) is 16.7 Å². The summed E-state index contributed by atoms with van der Waals surface area (Å²) in [5.74, 6) is 1.84. The summed E-state index contributed by atoms with van der Waals surface area (Å²) in [5, 5.41) is 2.23. The van der Waals surface area contributed by atoms with E-state index in [9.17, 15) is 0 Å². The minimum Gasteiger partial charge on any atom is -0.352 e. The molecule has 2 aromatic heterocycles. The average molecular weight is 340 g/mol. The number of alkyl halides is 1. The normalized spacial score (nSPS) is 23.4. The first kappa shape index (κ1) is 13.3. The lowest BCUT2D eigenvalue weighted by Crippen LogP contribution is -2.34. The molecule has 1 aliphatic rings. The van der Waals surface area contributed by atoms with Gasteiger partial charge in [0.1, 0.15) is 17.0 Å². The Morgan fingerprint density at radius 2 is 2.32 bits per heavy atom. The molecule has 0 spiro atoms. The Labute approximate surface area is 126 Å². The van der Waals surface area contributed by atoms with Gasteiger partial charge in [-0.15, -0.1) is 11.3 Å². The van der Waals surface area contributed by atoms with Gasteiger partial charge < -0.3 is 4.90 Å². The van der Waals surface area contributed by atoms with Crippen LogP contribution in [0.25, 0.3) is 10.2 Å². The summed E-state index contributed by atoms with van der Waals surface area (Å²) in [6, 6.07) is 2.81. The highest BCUT2D eigenvalue weighted by molar-refractivity contribution is 9.09. The highest BCUT2D eigenvalue weighted by atomic mass is 79.9. The van der Waals surface area contributed by atoms with Crippen LogP contribution in [0.3, 0.4) is 0 Å². The summed E-state index contributed by atoms with van der Waals surface area (Å²) >= 11 is 5.45. The van der Waals surface area contributed by atoms with Gasteiger partial charge in [0.05, 0.1) is 5.39 Å². The van der Waals surface area contributed by atoms with E-state index in [4.69, 9.17) is 0 Å². The SMILES string of the molecule is CCc1cc2c(N3CCC(C)C3CBr)ncnc2s1. The van der Waals surface area contributed by atoms with Crippen molar-refractivity contribution in [3.63, 3.8) is 0 Å². The predicted molar refractivity (Wildman–Crippen MR) is 85.5 cm³/mol. The molecule has 0 saturated carbocycles. The number of fused-ring (bicyclic) bond motifs is 1. The van der Waals surface area contributed by atoms with Crippen LogP contribution < -0.4 is 4.90 Å². The van der Waals surface area contributed by atoms with Gasteiger partial charge in [0.15, 0.2) is 0 Å². The fraction of sp³-hybridized carbons (Fsp3) is 0.571. The van der Waals surface area contributed by atoms with E-state index < -0.39 is 0 Å². The van der Waals surface area contributed by atoms with Crippen LogP contribution in [-0.4, -0.2) is 27.9 Å². The van der Waals surface area contributed by atoms with E-state index in [1.807, 2.05) is 0 Å². The Morgan fingerprint density at radius 1 is 1.47 bits per heavy atom. The smallest absolute Gasteiger partial charge is 0.141 e. The first-order valence-corrected chi connectivity index (χ1v) is 8.74. The van der Waals surface area contributed by atoms with E-state index in [0.717, 1.165) is 28.9 Å². The highest BCUT2D eigenvalue weighted by Crippen LogP contribution is 2.36. The number of rotatable bonds is 3. The maximum absolute atomic E-state index is 4.57. The topological polar surface area (TPSA) is 29.0 Å². The van der Waals surface area contributed by atoms with Gasteiger partial charge in [0.25, 0.3) is 0 Å². The van der Waals surface area contributed by atoms with E-state index in [0.29, 0.717) is 12.0 Å². The second-order valence-electron chi connectivity index (χ2n) is 5.16. The predicted octanol–water partition coefficient (Wildman–Crippen LogP) is 3.86. The Kier molecular flexibility index (Phi) is 3.76. The minimum absolute atomic E-state index is 0.545. The lowest BCUT2D eigenvalue weighted by atomic mass is 10.1. The summed E-state index contributed by atoms with van der Waals surface area (Å²) in [5.41, 5.74) is 0. The average Bonchev–Trinajstić information content (AvgIpc) is 3.00. The summed E-state index contributed by atoms with van der Waals surface area (Å²) in [6.07, 6.45) is 4.02. The van der Waals surface area contributed by atoms with Crippen molar-refractivity contribution >= 4 is 43.3 Å². The number of aryl methyl sites for hydroxylation is 1. The minimum atomic E-state index is 0.545. The van der Waals surface area contributed by atoms with Crippen molar-refractivity contribution in [1.29, 1.82) is 0 Å². The molecule has 3 heterocycles. The van der Waals surface area contributed by atoms with Crippen LogP contribution in [0.15, 0.2) is 12.4 Å². The van der Waals surface area contributed by atoms with E-state index in [1.54, 1.807) is 17.7 Å². The van der Waals surface area contributed by atoms with E-state index in [-0.39, 0.29) is 0 Å². The van der Waals surface area contributed by atoms with Crippen LogP contribution >= 0.6 is 27.3 Å². The Hall–Kier alpha value is -0.680. The molecule has 5 heteroatoms. The van der Waals surface area contributed by atoms with E-state index >= 15 is 0 Å². The number of nitrogens with zero attached hydrogens (tertiary/aromatic N) is 3. The highest BCUT2D eigenvalue weighted by Gasteiger charge is 2.32. The number of hydrogen-bond donors (Lipinski definition) is 0. The van der Waals surface area contributed by atoms with Crippen molar-refractivity contribution in [2.45, 2.75) is 32.7 Å². The van der Waals surface area contributed by atoms with Crippen LogP contribution in [0.1, 0.15) is 25.1 Å². The lowest BCUT2D eigenvalue weighted by Gasteiger charge is -2.26. The third-order valence-corrected chi connectivity index (χ3v) is 5.87. The first-order valence-electron chi connectivity index (χ1n) is 6.80. The van der Waals surface area contributed by atoms with Crippen LogP contribution in [0.2, 0.25) is 0 Å². The molecule has 0 aliphatic carbocycles. The zero-order chi connectivity index (χ0) is 13.4. The zero-order valence-electron chi connectivity index (χ0n) is 11.3. The van der Waals surface area contributed by atoms with Gasteiger partial charge in [-0.3, -0.25) is 0 Å². The number of anilines is 1. The molecule has 0 radical (unpaired) electrons. The van der Waals surface area contributed by atoms with Crippen LogP contribution in [0.4, 0.5) is 5.82 Å². The summed E-state index contributed by atoms with van der Waals surface area (Å²) in [6.45, 7) is 5.62. The number of thiophene rings is 1. The second kappa shape index (κ2) is 5.37. The quantitative estimate of drug-likeness (QED) is 0.795. The van der Waals surface area contributed by atoms with Crippen molar-refractivity contribution in [3.05, 3.63) is 17.3 Å². The molecule has 1 fully saturated rings. The molecule has 0 N–H and O–H groups in total. The van der Waals surface area contributed by atoms with Gasteiger partial charge in [-0.2, -0.15) is 0 Å². The summed E-state index contributed by atoms with van der Waals surface area (Å²) < 4.78 is 0. The molecular formula is C14H18BrN3S. The van der Waals surface area contributed by atoms with Gasteiger partial charge in [-0.1, -0.05) is 29.8 Å². The van der Waals surface area contributed by atoms with E-state index in [2.05, 4.69) is 50.7 Å². The molecule has 19 heavy (non-hydrogen) atoms. The fourth-order valence-corrected chi connectivity index (χ4v) is 4.72. The maximum Gasteiger partial charge on any atom is 0.141 e. The molecule has 2 aromatic rings. The van der Waals surface area contributed by atoms with Crippen molar-refractivity contribution in [2.24, 2.45) is 5.92 Å². The Balaban J connectivity index is 2.07. The number of aromatic nitrogens is 2. The Morgan fingerprint density at radius 3 is 3.05 bits per heavy atom. The molecule has 0 aromatic carbocycles. The second-order valence-corrected chi connectivity index (χ2v) is 6.93. The molecule has 1 aliphatic heterocycles. The van der Waals surface area contributed by atoms with Crippen molar-refractivity contribution in [2.75, 3.05) is 16.8 Å². The molecule has 3 nitrogen and oxygen atoms in total. The largest absolute Gasteiger partial charge is 0.352 e. The molecule has 0 bridgehead atoms. The standard InChI is InChI=1S/C14H18BrN3S/c1-3-10-6-11-13(16-8-17-14(11)19-10)18-5-4-9(2)12(18)7-15/h6,8-9,12H,3-5,7H2,1-2H3. The first-order chi connectivity index (χ1) is 9.24. The lowest BCUT2D eigenvalue weighted by molar-refractivity contribution is 0.553. The molecule has 2 atom stereocenters. The van der Waals surface area contributed by atoms with Crippen molar-refractivity contribution in [1.82, 2.24) is 9.97 Å². The molecule has 0 amide bonds. The third kappa shape index (κ3) is 2.27. The fourth-order valence-electron chi connectivity index (χ4n) is 2.80.